The number of benzene rings is 1. The van der Waals surface area contributed by atoms with Gasteiger partial charge in [-0.15, -0.1) is 0 Å². The van der Waals surface area contributed by atoms with Gasteiger partial charge in [-0.05, 0) is 38.1 Å². The summed E-state index contributed by atoms with van der Waals surface area (Å²) in [6.07, 6.45) is 5.31. The Bertz CT molecular complexity index is 735. The van der Waals surface area contributed by atoms with Crippen molar-refractivity contribution in [3.63, 3.8) is 0 Å². The normalized spacial score (nSPS) is 15.5. The summed E-state index contributed by atoms with van der Waals surface area (Å²) >= 11 is 0. The van der Waals surface area contributed by atoms with Crippen molar-refractivity contribution in [3.8, 4) is 0 Å². The van der Waals surface area contributed by atoms with Gasteiger partial charge < -0.3 is 20.5 Å². The lowest BCUT2D eigenvalue weighted by Crippen LogP contribution is -2.39. The molecular weight excluding hydrogens is 292 g/mol. The zero-order chi connectivity index (χ0) is 16.1. The number of likely N-dealkylation sites (tertiary alicyclic amines) is 1. The predicted octanol–water partition coefficient (Wildman–Crippen LogP) is 2.14. The maximum atomic E-state index is 12.3. The molecule has 0 unspecified atom stereocenters. The van der Waals surface area contributed by atoms with Crippen molar-refractivity contribution in [2.75, 3.05) is 31.5 Å². The lowest BCUT2D eigenvalue weighted by molar-refractivity contribution is 0.224. The summed E-state index contributed by atoms with van der Waals surface area (Å²) in [5.41, 5.74) is 0.846. The third kappa shape index (κ3) is 3.90. The number of hydrogen-bond acceptors (Lipinski definition) is 3. The number of rotatable bonds is 4. The molecule has 2 heterocycles. The minimum Gasteiger partial charge on any atom is -0.359 e. The van der Waals surface area contributed by atoms with Gasteiger partial charge in [0.2, 0.25) is 5.43 Å². The van der Waals surface area contributed by atoms with Crippen LogP contribution in [0.5, 0.6) is 0 Å². The molecule has 0 bridgehead atoms. The van der Waals surface area contributed by atoms with E-state index in [1.165, 1.54) is 25.5 Å². The van der Waals surface area contributed by atoms with Crippen molar-refractivity contribution < 1.29 is 4.79 Å². The molecule has 6 heteroatoms. The van der Waals surface area contributed by atoms with Gasteiger partial charge in [-0.2, -0.15) is 0 Å². The van der Waals surface area contributed by atoms with Crippen molar-refractivity contribution in [2.45, 2.75) is 19.3 Å². The average Bonchev–Trinajstić information content (AvgIpc) is 2.59. The van der Waals surface area contributed by atoms with Crippen LogP contribution in [0, 0.1) is 0 Å². The highest BCUT2D eigenvalue weighted by Gasteiger charge is 2.11. The highest BCUT2D eigenvalue weighted by atomic mass is 16.2. The van der Waals surface area contributed by atoms with E-state index in [1.807, 2.05) is 12.1 Å². The number of para-hydroxylation sites is 1. The second-order valence-corrected chi connectivity index (χ2v) is 5.86. The number of aromatic nitrogens is 1. The number of hydrogen-bond donors (Lipinski definition) is 3. The van der Waals surface area contributed by atoms with Crippen molar-refractivity contribution in [3.05, 3.63) is 40.7 Å². The smallest absolute Gasteiger partial charge is 0.319 e. The summed E-state index contributed by atoms with van der Waals surface area (Å²) in [5.74, 6) is 0. The average molecular weight is 314 g/mol. The zero-order valence-corrected chi connectivity index (χ0v) is 13.1. The van der Waals surface area contributed by atoms with Crippen LogP contribution < -0.4 is 16.1 Å². The van der Waals surface area contributed by atoms with E-state index in [9.17, 15) is 9.59 Å². The Labute approximate surface area is 134 Å². The number of anilines is 1. The molecule has 1 aliphatic heterocycles. The first-order chi connectivity index (χ1) is 11.2. The maximum absolute atomic E-state index is 12.3. The number of H-pyrrole nitrogens is 1. The molecule has 2 amide bonds. The number of amides is 2. The summed E-state index contributed by atoms with van der Waals surface area (Å²) in [7, 11) is 0. The van der Waals surface area contributed by atoms with Gasteiger partial charge >= 0.3 is 6.03 Å². The third-order valence-electron chi connectivity index (χ3n) is 4.20. The highest BCUT2D eigenvalue weighted by Crippen LogP contribution is 2.09. The third-order valence-corrected chi connectivity index (χ3v) is 4.20. The first kappa shape index (κ1) is 15.6. The van der Waals surface area contributed by atoms with Gasteiger partial charge in [-0.25, -0.2) is 4.79 Å². The van der Waals surface area contributed by atoms with Gasteiger partial charge in [0.05, 0.1) is 0 Å². The standard InChI is InChI=1S/C17H22N4O2/c22-16-13-6-2-3-7-14(13)19-12-15(16)20-17(23)18-8-11-21-9-4-1-5-10-21/h2-3,6-7,12H,1,4-5,8-11H2,(H,19,22)(H2,18,20,23). The number of carbonyl (C=O) groups excluding carboxylic acids is 1. The SMILES string of the molecule is O=C(NCCN1CCCCC1)Nc1c[nH]c2ccccc2c1=O. The van der Waals surface area contributed by atoms with E-state index >= 15 is 0 Å². The molecule has 2 aromatic rings. The summed E-state index contributed by atoms with van der Waals surface area (Å²) < 4.78 is 0. The molecule has 1 aliphatic rings. The molecule has 0 aliphatic carbocycles. The molecule has 0 radical (unpaired) electrons. The Morgan fingerprint density at radius 2 is 1.96 bits per heavy atom. The minimum absolute atomic E-state index is 0.175. The summed E-state index contributed by atoms with van der Waals surface area (Å²) in [6.45, 7) is 3.64. The monoisotopic (exact) mass is 314 g/mol. The summed E-state index contributed by atoms with van der Waals surface area (Å²) in [5, 5.41) is 6.01. The van der Waals surface area contributed by atoms with Crippen molar-refractivity contribution >= 4 is 22.6 Å². The van der Waals surface area contributed by atoms with Crippen LogP contribution in [-0.2, 0) is 0 Å². The number of urea groups is 1. The van der Waals surface area contributed by atoms with Crippen molar-refractivity contribution in [1.82, 2.24) is 15.2 Å². The molecule has 1 fully saturated rings. The number of piperidine rings is 1. The topological polar surface area (TPSA) is 77.2 Å². The Morgan fingerprint density at radius 1 is 1.17 bits per heavy atom. The van der Waals surface area contributed by atoms with Gasteiger partial charge in [-0.3, -0.25) is 4.79 Å². The van der Waals surface area contributed by atoms with E-state index < -0.39 is 0 Å². The van der Waals surface area contributed by atoms with E-state index in [-0.39, 0.29) is 17.1 Å². The molecule has 1 aromatic carbocycles. The van der Waals surface area contributed by atoms with Crippen LogP contribution in [0.25, 0.3) is 10.9 Å². The van der Waals surface area contributed by atoms with Crippen LogP contribution in [0.4, 0.5) is 10.5 Å². The number of carbonyl (C=O) groups is 1. The lowest BCUT2D eigenvalue weighted by atomic mass is 10.1. The summed E-state index contributed by atoms with van der Waals surface area (Å²) in [6, 6.07) is 6.90. The van der Waals surface area contributed by atoms with Gasteiger partial charge in [0.15, 0.2) is 0 Å². The predicted molar refractivity (Wildman–Crippen MR) is 91.9 cm³/mol. The maximum Gasteiger partial charge on any atom is 0.319 e. The first-order valence-electron chi connectivity index (χ1n) is 8.12. The molecule has 0 atom stereocenters. The van der Waals surface area contributed by atoms with Crippen LogP contribution in [0.2, 0.25) is 0 Å². The number of nitrogens with one attached hydrogen (secondary N) is 3. The minimum atomic E-state index is -0.345. The van der Waals surface area contributed by atoms with E-state index in [1.54, 1.807) is 12.1 Å². The molecule has 3 rings (SSSR count). The number of aromatic amines is 1. The molecule has 6 nitrogen and oxygen atoms in total. The second kappa shape index (κ2) is 7.28. The van der Waals surface area contributed by atoms with Gasteiger partial charge in [0, 0.05) is 30.2 Å². The number of pyridine rings is 1. The van der Waals surface area contributed by atoms with Crippen LogP contribution in [-0.4, -0.2) is 42.1 Å². The first-order valence-corrected chi connectivity index (χ1v) is 8.12. The highest BCUT2D eigenvalue weighted by molar-refractivity contribution is 5.91. The molecular formula is C17H22N4O2. The lowest BCUT2D eigenvalue weighted by Gasteiger charge is -2.26. The largest absolute Gasteiger partial charge is 0.359 e. The Balaban J connectivity index is 1.55. The van der Waals surface area contributed by atoms with Crippen molar-refractivity contribution in [2.24, 2.45) is 0 Å². The Hall–Kier alpha value is -2.34. The summed E-state index contributed by atoms with van der Waals surface area (Å²) in [4.78, 5) is 29.6. The van der Waals surface area contributed by atoms with E-state index in [0.29, 0.717) is 11.9 Å². The van der Waals surface area contributed by atoms with E-state index in [0.717, 1.165) is 25.2 Å². The number of fused-ring (bicyclic) bond motifs is 1. The molecule has 0 spiro atoms. The van der Waals surface area contributed by atoms with Crippen LogP contribution in [0.3, 0.4) is 0 Å². The number of nitrogens with zero attached hydrogens (tertiary/aromatic N) is 1. The molecule has 0 saturated carbocycles. The van der Waals surface area contributed by atoms with Crippen LogP contribution in [0.1, 0.15) is 19.3 Å². The van der Waals surface area contributed by atoms with Gasteiger partial charge in [0.1, 0.15) is 5.69 Å². The van der Waals surface area contributed by atoms with Gasteiger partial charge in [-0.1, -0.05) is 18.6 Å². The fraction of sp³-hybridized carbons (Fsp3) is 0.412. The van der Waals surface area contributed by atoms with Crippen molar-refractivity contribution in [1.29, 1.82) is 0 Å². The zero-order valence-electron chi connectivity index (χ0n) is 13.1. The Morgan fingerprint density at radius 3 is 2.78 bits per heavy atom. The fourth-order valence-electron chi connectivity index (χ4n) is 2.94. The molecule has 3 N–H and O–H groups in total. The fourth-order valence-corrected chi connectivity index (χ4v) is 2.94. The molecule has 122 valence electrons. The molecule has 1 saturated heterocycles. The second-order valence-electron chi connectivity index (χ2n) is 5.86. The van der Waals surface area contributed by atoms with Gasteiger partial charge in [0.25, 0.3) is 0 Å². The Kier molecular flexibility index (Phi) is 4.92. The van der Waals surface area contributed by atoms with Crippen LogP contribution in [0.15, 0.2) is 35.3 Å². The quantitative estimate of drug-likeness (QED) is 0.809. The van der Waals surface area contributed by atoms with Crippen LogP contribution >= 0.6 is 0 Å². The molecule has 23 heavy (non-hydrogen) atoms. The van der Waals surface area contributed by atoms with E-state index in [4.69, 9.17) is 0 Å². The molecule has 1 aromatic heterocycles. The van der Waals surface area contributed by atoms with E-state index in [2.05, 4.69) is 20.5 Å².